The van der Waals surface area contributed by atoms with Crippen LogP contribution in [0.4, 0.5) is 5.82 Å². The van der Waals surface area contributed by atoms with Crippen molar-refractivity contribution in [1.82, 2.24) is 14.5 Å². The first kappa shape index (κ1) is 14.9. The predicted octanol–water partition coefficient (Wildman–Crippen LogP) is 3.88. The summed E-state index contributed by atoms with van der Waals surface area (Å²) in [6.07, 6.45) is 6.65. The third-order valence-corrected chi connectivity index (χ3v) is 5.23. The van der Waals surface area contributed by atoms with Gasteiger partial charge in [-0.05, 0) is 17.2 Å². The second kappa shape index (κ2) is 5.56. The molecule has 1 atom stereocenters. The van der Waals surface area contributed by atoms with Gasteiger partial charge in [0, 0.05) is 36.1 Å². The van der Waals surface area contributed by atoms with Crippen LogP contribution in [0, 0.1) is 0 Å². The minimum absolute atomic E-state index is 0.384. The first-order chi connectivity index (χ1) is 12.8. The monoisotopic (exact) mass is 338 g/mol. The molecule has 4 aromatic rings. The Morgan fingerprint density at radius 3 is 2.50 bits per heavy atom. The van der Waals surface area contributed by atoms with Crippen LogP contribution in [-0.4, -0.2) is 14.5 Å². The summed E-state index contributed by atoms with van der Waals surface area (Å²) in [4.78, 5) is 9.02. The zero-order chi connectivity index (χ0) is 17.6. The van der Waals surface area contributed by atoms with Gasteiger partial charge in [0.2, 0.25) is 0 Å². The fraction of sp³-hybridized carbons (Fsp3) is 0.0909. The van der Waals surface area contributed by atoms with Gasteiger partial charge in [-0.2, -0.15) is 0 Å². The van der Waals surface area contributed by atoms with Crippen LogP contribution in [0.2, 0.25) is 0 Å². The van der Waals surface area contributed by atoms with Gasteiger partial charge in [0.25, 0.3) is 0 Å². The van der Waals surface area contributed by atoms with Crippen LogP contribution >= 0.6 is 0 Å². The number of anilines is 1. The molecule has 5 rings (SSSR count). The van der Waals surface area contributed by atoms with Crippen molar-refractivity contribution in [2.24, 2.45) is 0 Å². The zero-order valence-corrected chi connectivity index (χ0v) is 14.2. The number of imidazole rings is 1. The SMILES string of the molecule is Nc1ccc(C2(Cc3ccccc3)c3ccccc3-c3nccn32)cn1. The highest BCUT2D eigenvalue weighted by Crippen LogP contribution is 2.48. The van der Waals surface area contributed by atoms with Crippen LogP contribution in [0.25, 0.3) is 11.4 Å². The van der Waals surface area contributed by atoms with E-state index in [1.807, 2.05) is 24.5 Å². The maximum Gasteiger partial charge on any atom is 0.141 e. The molecule has 0 aliphatic carbocycles. The highest BCUT2D eigenvalue weighted by atomic mass is 15.2. The Balaban J connectivity index is 1.82. The Morgan fingerprint density at radius 2 is 1.69 bits per heavy atom. The Morgan fingerprint density at radius 1 is 0.885 bits per heavy atom. The number of rotatable bonds is 3. The minimum atomic E-state index is -0.384. The molecular formula is C22H18N4. The normalized spacial score (nSPS) is 17.7. The van der Waals surface area contributed by atoms with E-state index >= 15 is 0 Å². The van der Waals surface area contributed by atoms with E-state index in [0.29, 0.717) is 5.82 Å². The summed E-state index contributed by atoms with van der Waals surface area (Å²) >= 11 is 0. The lowest BCUT2D eigenvalue weighted by molar-refractivity contribution is 0.449. The number of benzene rings is 2. The van der Waals surface area contributed by atoms with E-state index in [9.17, 15) is 0 Å². The zero-order valence-electron chi connectivity index (χ0n) is 14.2. The summed E-state index contributed by atoms with van der Waals surface area (Å²) in [5.74, 6) is 1.52. The molecule has 4 heteroatoms. The summed E-state index contributed by atoms with van der Waals surface area (Å²) < 4.78 is 2.28. The van der Waals surface area contributed by atoms with Crippen molar-refractivity contribution < 1.29 is 0 Å². The van der Waals surface area contributed by atoms with E-state index in [-0.39, 0.29) is 5.54 Å². The van der Waals surface area contributed by atoms with Gasteiger partial charge in [-0.15, -0.1) is 0 Å². The highest BCUT2D eigenvalue weighted by Gasteiger charge is 2.45. The molecule has 0 fully saturated rings. The Bertz CT molecular complexity index is 1070. The second-order valence-electron chi connectivity index (χ2n) is 6.66. The number of hydrogen-bond acceptors (Lipinski definition) is 3. The summed E-state index contributed by atoms with van der Waals surface area (Å²) in [7, 11) is 0. The van der Waals surface area contributed by atoms with Gasteiger partial charge in [-0.25, -0.2) is 9.97 Å². The fourth-order valence-corrected chi connectivity index (χ4v) is 4.10. The third-order valence-electron chi connectivity index (χ3n) is 5.23. The third kappa shape index (κ3) is 2.02. The summed E-state index contributed by atoms with van der Waals surface area (Å²) in [6.45, 7) is 0. The molecule has 2 N–H and O–H groups in total. The van der Waals surface area contributed by atoms with Crippen molar-refractivity contribution in [3.8, 4) is 11.4 Å². The molecule has 0 saturated carbocycles. The molecule has 0 amide bonds. The summed E-state index contributed by atoms with van der Waals surface area (Å²) in [5.41, 5.74) is 10.3. The van der Waals surface area contributed by atoms with Gasteiger partial charge in [0.05, 0.1) is 0 Å². The molecule has 1 aliphatic heterocycles. The minimum Gasteiger partial charge on any atom is -0.384 e. The van der Waals surface area contributed by atoms with Crippen LogP contribution in [0.15, 0.2) is 85.3 Å². The van der Waals surface area contributed by atoms with Crippen molar-refractivity contribution in [1.29, 1.82) is 0 Å². The smallest absolute Gasteiger partial charge is 0.141 e. The van der Waals surface area contributed by atoms with Crippen LogP contribution in [-0.2, 0) is 12.0 Å². The molecule has 0 spiro atoms. The molecule has 3 heterocycles. The van der Waals surface area contributed by atoms with Gasteiger partial charge >= 0.3 is 0 Å². The standard InChI is InChI=1S/C22H18N4/c23-20-11-10-17(15-25-20)22(14-16-6-2-1-3-7-16)19-9-5-4-8-18(19)21-24-12-13-26(21)22/h1-13,15H,14H2,(H2,23,25). The van der Waals surface area contributed by atoms with Crippen molar-refractivity contribution >= 4 is 5.82 Å². The topological polar surface area (TPSA) is 56.7 Å². The fourth-order valence-electron chi connectivity index (χ4n) is 4.10. The molecule has 1 unspecified atom stereocenters. The Hall–Kier alpha value is -3.40. The van der Waals surface area contributed by atoms with E-state index in [1.54, 1.807) is 0 Å². The molecular weight excluding hydrogens is 320 g/mol. The second-order valence-corrected chi connectivity index (χ2v) is 6.66. The van der Waals surface area contributed by atoms with Gasteiger partial charge in [0.15, 0.2) is 0 Å². The molecule has 2 aromatic heterocycles. The molecule has 2 aromatic carbocycles. The highest BCUT2D eigenvalue weighted by molar-refractivity contribution is 5.71. The average Bonchev–Trinajstić information content (AvgIpc) is 3.26. The van der Waals surface area contributed by atoms with Crippen LogP contribution in [0.3, 0.4) is 0 Å². The van der Waals surface area contributed by atoms with E-state index in [2.05, 4.69) is 75.3 Å². The number of hydrogen-bond donors (Lipinski definition) is 1. The first-order valence-corrected chi connectivity index (χ1v) is 8.69. The van der Waals surface area contributed by atoms with Crippen molar-refractivity contribution in [3.05, 3.63) is 102 Å². The largest absolute Gasteiger partial charge is 0.384 e. The Kier molecular flexibility index (Phi) is 3.19. The molecule has 126 valence electrons. The number of pyridine rings is 1. The van der Waals surface area contributed by atoms with E-state index in [0.717, 1.165) is 17.8 Å². The number of aromatic nitrogens is 3. The molecule has 26 heavy (non-hydrogen) atoms. The molecule has 4 nitrogen and oxygen atoms in total. The van der Waals surface area contributed by atoms with E-state index < -0.39 is 0 Å². The average molecular weight is 338 g/mol. The van der Waals surface area contributed by atoms with Crippen LogP contribution < -0.4 is 5.73 Å². The molecule has 0 radical (unpaired) electrons. The van der Waals surface area contributed by atoms with Gasteiger partial charge in [0.1, 0.15) is 17.2 Å². The maximum absolute atomic E-state index is 5.86. The quantitative estimate of drug-likeness (QED) is 0.617. The van der Waals surface area contributed by atoms with Crippen molar-refractivity contribution in [2.45, 2.75) is 12.0 Å². The first-order valence-electron chi connectivity index (χ1n) is 8.69. The number of nitrogens with two attached hydrogens (primary N) is 1. The maximum atomic E-state index is 5.86. The number of nitrogens with zero attached hydrogens (tertiary/aromatic N) is 3. The van der Waals surface area contributed by atoms with Gasteiger partial charge < -0.3 is 10.3 Å². The van der Waals surface area contributed by atoms with Crippen molar-refractivity contribution in [3.63, 3.8) is 0 Å². The molecule has 1 aliphatic rings. The summed E-state index contributed by atoms with van der Waals surface area (Å²) in [5, 5.41) is 0. The lowest BCUT2D eigenvalue weighted by Gasteiger charge is -2.33. The van der Waals surface area contributed by atoms with Crippen LogP contribution in [0.5, 0.6) is 0 Å². The van der Waals surface area contributed by atoms with E-state index in [1.165, 1.54) is 16.7 Å². The predicted molar refractivity (Wildman–Crippen MR) is 103 cm³/mol. The van der Waals surface area contributed by atoms with E-state index in [4.69, 9.17) is 5.73 Å². The van der Waals surface area contributed by atoms with Gasteiger partial charge in [-0.1, -0.05) is 60.7 Å². The van der Waals surface area contributed by atoms with Crippen LogP contribution in [0.1, 0.15) is 16.7 Å². The molecule has 0 saturated heterocycles. The summed E-state index contributed by atoms with van der Waals surface area (Å²) in [6, 6.07) is 23.0. The van der Waals surface area contributed by atoms with Gasteiger partial charge in [-0.3, -0.25) is 0 Å². The molecule has 0 bridgehead atoms. The lowest BCUT2D eigenvalue weighted by Crippen LogP contribution is -2.35. The lowest BCUT2D eigenvalue weighted by atomic mass is 9.78. The Labute approximate surface area is 152 Å². The number of nitrogen functional groups attached to an aromatic ring is 1. The van der Waals surface area contributed by atoms with Crippen molar-refractivity contribution in [2.75, 3.05) is 5.73 Å². The number of fused-ring (bicyclic) bond motifs is 3.